The highest BCUT2D eigenvalue weighted by atomic mass is 35.5. The summed E-state index contributed by atoms with van der Waals surface area (Å²) < 4.78 is 0. The average molecular weight is 275 g/mol. The molecule has 1 amide bonds. The Morgan fingerprint density at radius 3 is 2.58 bits per heavy atom. The maximum absolute atomic E-state index is 11.0. The number of primary amides is 1. The maximum atomic E-state index is 11.0. The zero-order valence-corrected chi connectivity index (χ0v) is 11.1. The van der Waals surface area contributed by atoms with E-state index < -0.39 is 11.9 Å². The summed E-state index contributed by atoms with van der Waals surface area (Å²) in [5.74, 6) is -0.409. The summed E-state index contributed by atoms with van der Waals surface area (Å²) in [4.78, 5) is 11.0. The highest BCUT2D eigenvalue weighted by Gasteiger charge is 2.14. The van der Waals surface area contributed by atoms with Crippen molar-refractivity contribution in [2.45, 2.75) is 12.5 Å². The fourth-order valence-corrected chi connectivity index (χ4v) is 2.26. The first-order valence-electron chi connectivity index (χ1n) is 5.96. The maximum Gasteiger partial charge on any atom is 0.219 e. The smallest absolute Gasteiger partial charge is 0.219 e. The van der Waals surface area contributed by atoms with Crippen molar-refractivity contribution in [1.29, 1.82) is 0 Å². The van der Waals surface area contributed by atoms with E-state index in [1.165, 1.54) is 0 Å². The van der Waals surface area contributed by atoms with Crippen LogP contribution in [0.3, 0.4) is 0 Å². The van der Waals surface area contributed by atoms with Crippen LogP contribution < -0.4 is 11.5 Å². The normalized spacial score (nSPS) is 12.1. The van der Waals surface area contributed by atoms with Crippen molar-refractivity contribution in [3.8, 4) is 11.1 Å². The molecule has 2 rings (SSSR count). The first-order valence-corrected chi connectivity index (χ1v) is 6.34. The summed E-state index contributed by atoms with van der Waals surface area (Å²) in [5, 5.41) is 0.663. The molecule has 4 N–H and O–H groups in total. The van der Waals surface area contributed by atoms with E-state index >= 15 is 0 Å². The summed E-state index contributed by atoms with van der Waals surface area (Å²) >= 11 is 6.01. The lowest BCUT2D eigenvalue weighted by Gasteiger charge is -2.15. The molecule has 19 heavy (non-hydrogen) atoms. The van der Waals surface area contributed by atoms with Crippen LogP contribution in [0.4, 0.5) is 0 Å². The zero-order chi connectivity index (χ0) is 13.8. The van der Waals surface area contributed by atoms with E-state index in [0.29, 0.717) is 5.02 Å². The molecule has 0 aliphatic rings. The van der Waals surface area contributed by atoms with E-state index in [1.807, 2.05) is 48.5 Å². The molecule has 0 bridgehead atoms. The summed E-state index contributed by atoms with van der Waals surface area (Å²) in [6.07, 6.45) is 0.123. The van der Waals surface area contributed by atoms with Crippen LogP contribution in [0.2, 0.25) is 5.02 Å². The van der Waals surface area contributed by atoms with Gasteiger partial charge in [0.1, 0.15) is 0 Å². The molecule has 0 aliphatic carbocycles. The van der Waals surface area contributed by atoms with Crippen molar-refractivity contribution in [3.05, 3.63) is 59.1 Å². The minimum absolute atomic E-state index is 0.123. The van der Waals surface area contributed by atoms with Gasteiger partial charge in [0.25, 0.3) is 0 Å². The van der Waals surface area contributed by atoms with Gasteiger partial charge in [-0.25, -0.2) is 0 Å². The quantitative estimate of drug-likeness (QED) is 0.900. The molecule has 0 aromatic heterocycles. The van der Waals surface area contributed by atoms with Crippen molar-refractivity contribution in [2.24, 2.45) is 11.5 Å². The second-order valence-electron chi connectivity index (χ2n) is 4.37. The Labute approximate surface area is 117 Å². The van der Waals surface area contributed by atoms with E-state index in [-0.39, 0.29) is 6.42 Å². The van der Waals surface area contributed by atoms with Gasteiger partial charge in [-0.3, -0.25) is 4.79 Å². The lowest BCUT2D eigenvalue weighted by atomic mass is 9.94. The molecule has 0 fully saturated rings. The molecule has 1 unspecified atom stereocenters. The number of carbonyl (C=O) groups excluding carboxylic acids is 1. The van der Waals surface area contributed by atoms with Gasteiger partial charge in [-0.1, -0.05) is 48.0 Å². The van der Waals surface area contributed by atoms with Crippen molar-refractivity contribution in [1.82, 2.24) is 0 Å². The molecule has 3 nitrogen and oxygen atoms in total. The molecule has 0 saturated heterocycles. The van der Waals surface area contributed by atoms with Gasteiger partial charge in [-0.15, -0.1) is 0 Å². The third-order valence-corrected chi connectivity index (χ3v) is 3.15. The van der Waals surface area contributed by atoms with E-state index in [9.17, 15) is 4.79 Å². The number of benzene rings is 2. The summed E-state index contributed by atoms with van der Waals surface area (Å²) in [6.45, 7) is 0. The first kappa shape index (κ1) is 13.6. The van der Waals surface area contributed by atoms with Gasteiger partial charge >= 0.3 is 0 Å². The molecule has 4 heteroatoms. The van der Waals surface area contributed by atoms with Gasteiger partial charge in [0.15, 0.2) is 0 Å². The van der Waals surface area contributed by atoms with E-state index in [4.69, 9.17) is 23.1 Å². The fraction of sp³-hybridized carbons (Fsp3) is 0.133. The van der Waals surface area contributed by atoms with Crippen molar-refractivity contribution >= 4 is 17.5 Å². The molecule has 2 aromatic carbocycles. The Morgan fingerprint density at radius 1 is 1.16 bits per heavy atom. The van der Waals surface area contributed by atoms with Gasteiger partial charge in [0, 0.05) is 17.5 Å². The van der Waals surface area contributed by atoms with Crippen molar-refractivity contribution in [2.75, 3.05) is 0 Å². The second kappa shape index (κ2) is 5.87. The zero-order valence-electron chi connectivity index (χ0n) is 10.3. The second-order valence-corrected chi connectivity index (χ2v) is 4.81. The van der Waals surface area contributed by atoms with E-state index in [1.54, 1.807) is 0 Å². The summed E-state index contributed by atoms with van der Waals surface area (Å²) in [5.41, 5.74) is 14.1. The number of hydrogen-bond donors (Lipinski definition) is 2. The molecule has 0 heterocycles. The Morgan fingerprint density at radius 2 is 1.89 bits per heavy atom. The molecule has 0 radical (unpaired) electrons. The monoisotopic (exact) mass is 274 g/mol. The molecule has 1 atom stereocenters. The van der Waals surface area contributed by atoms with Crippen molar-refractivity contribution < 1.29 is 4.79 Å². The Hall–Kier alpha value is -1.84. The van der Waals surface area contributed by atoms with Gasteiger partial charge in [0.2, 0.25) is 5.91 Å². The largest absolute Gasteiger partial charge is 0.370 e. The number of nitrogens with two attached hydrogens (primary N) is 2. The van der Waals surface area contributed by atoms with Gasteiger partial charge in [-0.2, -0.15) is 0 Å². The fourth-order valence-electron chi connectivity index (χ4n) is 2.07. The molecular formula is C15H15ClN2O. The van der Waals surface area contributed by atoms with Crippen molar-refractivity contribution in [3.63, 3.8) is 0 Å². The molecule has 98 valence electrons. The summed E-state index contributed by atoms with van der Waals surface area (Å²) in [6, 6.07) is 14.8. The van der Waals surface area contributed by atoms with Crippen LogP contribution in [-0.2, 0) is 4.79 Å². The highest BCUT2D eigenvalue weighted by Crippen LogP contribution is 2.29. The molecule has 2 aromatic rings. The predicted molar refractivity (Wildman–Crippen MR) is 77.6 cm³/mol. The Kier molecular flexibility index (Phi) is 4.20. The first-order chi connectivity index (χ1) is 9.08. The third kappa shape index (κ3) is 3.34. The standard InChI is InChI=1S/C15H15ClN2O/c16-11-5-3-4-10(8-11)12-6-1-2-7-13(12)14(17)9-15(18)19/h1-8,14H,9,17H2,(H2,18,19). The number of carbonyl (C=O) groups is 1. The predicted octanol–water partition coefficient (Wildman–Crippen LogP) is 2.88. The third-order valence-electron chi connectivity index (χ3n) is 2.92. The minimum Gasteiger partial charge on any atom is -0.370 e. The summed E-state index contributed by atoms with van der Waals surface area (Å²) in [7, 11) is 0. The SMILES string of the molecule is NC(=O)CC(N)c1ccccc1-c1cccc(Cl)c1. The lowest BCUT2D eigenvalue weighted by molar-refractivity contribution is -0.118. The van der Waals surface area contributed by atoms with Crippen LogP contribution in [0.5, 0.6) is 0 Å². The Bertz CT molecular complexity index is 598. The Balaban J connectivity index is 2.44. The van der Waals surface area contributed by atoms with Gasteiger partial charge in [0.05, 0.1) is 0 Å². The molecular weight excluding hydrogens is 260 g/mol. The topological polar surface area (TPSA) is 69.1 Å². The van der Waals surface area contributed by atoms with Gasteiger partial charge in [-0.05, 0) is 28.8 Å². The number of hydrogen-bond acceptors (Lipinski definition) is 2. The molecule has 0 aliphatic heterocycles. The molecule has 0 spiro atoms. The minimum atomic E-state index is -0.410. The van der Waals surface area contributed by atoms with Crippen LogP contribution in [0.25, 0.3) is 11.1 Å². The number of amides is 1. The average Bonchev–Trinajstić information content (AvgIpc) is 2.38. The lowest BCUT2D eigenvalue weighted by Crippen LogP contribution is -2.21. The molecule has 0 saturated carbocycles. The van der Waals surface area contributed by atoms with Crippen LogP contribution >= 0.6 is 11.6 Å². The van der Waals surface area contributed by atoms with Crippen LogP contribution in [0.1, 0.15) is 18.0 Å². The number of rotatable bonds is 4. The van der Waals surface area contributed by atoms with E-state index in [2.05, 4.69) is 0 Å². The van der Waals surface area contributed by atoms with E-state index in [0.717, 1.165) is 16.7 Å². The van der Waals surface area contributed by atoms with Gasteiger partial charge < -0.3 is 11.5 Å². The highest BCUT2D eigenvalue weighted by molar-refractivity contribution is 6.30. The van der Waals surface area contributed by atoms with Crippen LogP contribution in [0, 0.1) is 0 Å². The van der Waals surface area contributed by atoms with Crippen LogP contribution in [0.15, 0.2) is 48.5 Å². The van der Waals surface area contributed by atoms with Crippen LogP contribution in [-0.4, -0.2) is 5.91 Å². The number of halogens is 1.